The van der Waals surface area contributed by atoms with Crippen LogP contribution < -0.4 is 5.32 Å². The standard InChI is InChI=1S/C14H21ClN2O.ClH/c1-2-18-9-8-17-7-6-16-11-14(17)12-4-3-5-13(15)10-12;/h3-5,10,14,16H,2,6-9,11H2,1H3;1H. The Hall–Kier alpha value is -0.320. The van der Waals surface area contributed by atoms with Gasteiger partial charge in [-0.1, -0.05) is 23.7 Å². The summed E-state index contributed by atoms with van der Waals surface area (Å²) in [6.07, 6.45) is 0. The van der Waals surface area contributed by atoms with E-state index in [1.54, 1.807) is 0 Å². The molecule has 1 N–H and O–H groups in total. The molecule has 0 bridgehead atoms. The van der Waals surface area contributed by atoms with Gasteiger partial charge in [0.05, 0.1) is 6.61 Å². The maximum Gasteiger partial charge on any atom is 0.0593 e. The van der Waals surface area contributed by atoms with Gasteiger partial charge in [0.1, 0.15) is 0 Å². The van der Waals surface area contributed by atoms with Gasteiger partial charge in [-0.3, -0.25) is 4.90 Å². The van der Waals surface area contributed by atoms with Gasteiger partial charge in [-0.2, -0.15) is 0 Å². The summed E-state index contributed by atoms with van der Waals surface area (Å²) in [5.74, 6) is 0. The number of hydrogen-bond acceptors (Lipinski definition) is 3. The lowest BCUT2D eigenvalue weighted by Gasteiger charge is -2.36. The average molecular weight is 305 g/mol. The van der Waals surface area contributed by atoms with Crippen molar-refractivity contribution in [2.75, 3.05) is 39.4 Å². The number of hydrogen-bond donors (Lipinski definition) is 1. The van der Waals surface area contributed by atoms with Crippen LogP contribution in [-0.2, 0) is 4.74 Å². The molecule has 2 rings (SSSR count). The highest BCUT2D eigenvalue weighted by atomic mass is 35.5. The molecule has 108 valence electrons. The first-order chi connectivity index (χ1) is 8.81. The first-order valence-corrected chi connectivity index (χ1v) is 6.97. The molecule has 1 aromatic carbocycles. The minimum atomic E-state index is 0. The van der Waals surface area contributed by atoms with E-state index >= 15 is 0 Å². The van der Waals surface area contributed by atoms with Crippen LogP contribution >= 0.6 is 24.0 Å². The number of nitrogens with zero attached hydrogens (tertiary/aromatic N) is 1. The summed E-state index contributed by atoms with van der Waals surface area (Å²) in [4.78, 5) is 2.47. The number of nitrogens with one attached hydrogen (secondary N) is 1. The molecule has 1 heterocycles. The van der Waals surface area contributed by atoms with Crippen LogP contribution in [0.5, 0.6) is 0 Å². The van der Waals surface area contributed by atoms with Crippen molar-refractivity contribution in [3.05, 3.63) is 34.9 Å². The van der Waals surface area contributed by atoms with Crippen LogP contribution in [0.2, 0.25) is 5.02 Å². The molecule has 0 aromatic heterocycles. The molecule has 5 heteroatoms. The summed E-state index contributed by atoms with van der Waals surface area (Å²) in [5, 5.41) is 4.26. The van der Waals surface area contributed by atoms with Gasteiger partial charge < -0.3 is 10.1 Å². The van der Waals surface area contributed by atoms with Gasteiger partial charge in [0.15, 0.2) is 0 Å². The first kappa shape index (κ1) is 16.7. The van der Waals surface area contributed by atoms with Gasteiger partial charge in [-0.15, -0.1) is 12.4 Å². The van der Waals surface area contributed by atoms with E-state index in [1.807, 2.05) is 19.1 Å². The topological polar surface area (TPSA) is 24.5 Å². The Morgan fingerprint density at radius 1 is 1.47 bits per heavy atom. The van der Waals surface area contributed by atoms with Crippen molar-refractivity contribution in [2.24, 2.45) is 0 Å². The van der Waals surface area contributed by atoms with Gasteiger partial charge in [0, 0.05) is 43.9 Å². The Labute approximate surface area is 126 Å². The molecule has 0 radical (unpaired) electrons. The Balaban J connectivity index is 0.00000180. The first-order valence-electron chi connectivity index (χ1n) is 6.59. The molecule has 1 fully saturated rings. The lowest BCUT2D eigenvalue weighted by molar-refractivity contribution is 0.0829. The molecule has 0 spiro atoms. The molecule has 0 saturated carbocycles. The molecule has 19 heavy (non-hydrogen) atoms. The third-order valence-corrected chi connectivity index (χ3v) is 3.55. The maximum atomic E-state index is 6.07. The van der Waals surface area contributed by atoms with Crippen LogP contribution in [0, 0.1) is 0 Å². The zero-order valence-corrected chi connectivity index (χ0v) is 12.8. The Kier molecular flexibility index (Phi) is 7.73. The SMILES string of the molecule is CCOCCN1CCNCC1c1cccc(Cl)c1.Cl. The van der Waals surface area contributed by atoms with Crippen molar-refractivity contribution in [3.63, 3.8) is 0 Å². The summed E-state index contributed by atoms with van der Waals surface area (Å²) in [7, 11) is 0. The van der Waals surface area contributed by atoms with Crippen LogP contribution in [-0.4, -0.2) is 44.3 Å². The highest BCUT2D eigenvalue weighted by Crippen LogP contribution is 2.24. The third kappa shape index (κ3) is 4.93. The van der Waals surface area contributed by atoms with E-state index in [2.05, 4.69) is 22.3 Å². The molecule has 0 aliphatic carbocycles. The Morgan fingerprint density at radius 3 is 3.05 bits per heavy atom. The number of rotatable bonds is 5. The second kappa shape index (κ2) is 8.77. The van der Waals surface area contributed by atoms with E-state index in [0.29, 0.717) is 6.04 Å². The zero-order valence-electron chi connectivity index (χ0n) is 11.3. The number of halogens is 2. The monoisotopic (exact) mass is 304 g/mol. The van der Waals surface area contributed by atoms with Crippen LogP contribution in [0.4, 0.5) is 0 Å². The minimum Gasteiger partial charge on any atom is -0.380 e. The zero-order chi connectivity index (χ0) is 12.8. The van der Waals surface area contributed by atoms with Gasteiger partial charge in [0.2, 0.25) is 0 Å². The fourth-order valence-corrected chi connectivity index (χ4v) is 2.58. The van der Waals surface area contributed by atoms with Crippen molar-refractivity contribution in [3.8, 4) is 0 Å². The molecule has 1 unspecified atom stereocenters. The molecule has 1 aliphatic rings. The lowest BCUT2D eigenvalue weighted by Crippen LogP contribution is -2.47. The molecule has 1 saturated heterocycles. The van der Waals surface area contributed by atoms with Crippen molar-refractivity contribution in [2.45, 2.75) is 13.0 Å². The van der Waals surface area contributed by atoms with E-state index in [1.165, 1.54) is 5.56 Å². The van der Waals surface area contributed by atoms with Gasteiger partial charge in [-0.25, -0.2) is 0 Å². The third-order valence-electron chi connectivity index (χ3n) is 3.31. The van der Waals surface area contributed by atoms with Crippen molar-refractivity contribution in [1.29, 1.82) is 0 Å². The molecule has 1 aliphatic heterocycles. The van der Waals surface area contributed by atoms with Crippen molar-refractivity contribution < 1.29 is 4.74 Å². The predicted molar refractivity (Wildman–Crippen MR) is 82.4 cm³/mol. The average Bonchev–Trinajstić information content (AvgIpc) is 2.40. The summed E-state index contributed by atoms with van der Waals surface area (Å²) >= 11 is 6.07. The number of benzene rings is 1. The molecular weight excluding hydrogens is 283 g/mol. The van der Waals surface area contributed by atoms with Crippen LogP contribution in [0.3, 0.4) is 0 Å². The minimum absolute atomic E-state index is 0. The van der Waals surface area contributed by atoms with Crippen LogP contribution in [0.25, 0.3) is 0 Å². The second-order valence-electron chi connectivity index (χ2n) is 4.51. The summed E-state index contributed by atoms with van der Waals surface area (Å²) in [5.41, 5.74) is 1.28. The second-order valence-corrected chi connectivity index (χ2v) is 4.94. The molecule has 0 amide bonds. The van der Waals surface area contributed by atoms with E-state index in [9.17, 15) is 0 Å². The number of ether oxygens (including phenoxy) is 1. The Morgan fingerprint density at radius 2 is 2.32 bits per heavy atom. The maximum absolute atomic E-state index is 6.07. The normalized spacial score (nSPS) is 20.0. The largest absolute Gasteiger partial charge is 0.380 e. The summed E-state index contributed by atoms with van der Waals surface area (Å²) in [6.45, 7) is 7.68. The van der Waals surface area contributed by atoms with E-state index in [4.69, 9.17) is 16.3 Å². The molecule has 1 aromatic rings. The van der Waals surface area contributed by atoms with E-state index < -0.39 is 0 Å². The fraction of sp³-hybridized carbons (Fsp3) is 0.571. The highest BCUT2D eigenvalue weighted by Gasteiger charge is 2.23. The molecule has 1 atom stereocenters. The van der Waals surface area contributed by atoms with Crippen LogP contribution in [0.1, 0.15) is 18.5 Å². The van der Waals surface area contributed by atoms with Gasteiger partial charge >= 0.3 is 0 Å². The number of piperazine rings is 1. The highest BCUT2D eigenvalue weighted by molar-refractivity contribution is 6.30. The predicted octanol–water partition coefficient (Wildman–Crippen LogP) is 2.74. The fourth-order valence-electron chi connectivity index (χ4n) is 2.38. The molecular formula is C14H22Cl2N2O. The van der Waals surface area contributed by atoms with E-state index in [0.717, 1.165) is 44.4 Å². The summed E-state index contributed by atoms with van der Waals surface area (Å²) in [6, 6.07) is 8.56. The van der Waals surface area contributed by atoms with E-state index in [-0.39, 0.29) is 12.4 Å². The van der Waals surface area contributed by atoms with Crippen LogP contribution in [0.15, 0.2) is 24.3 Å². The summed E-state index contributed by atoms with van der Waals surface area (Å²) < 4.78 is 5.46. The smallest absolute Gasteiger partial charge is 0.0593 e. The molecule has 3 nitrogen and oxygen atoms in total. The van der Waals surface area contributed by atoms with Crippen molar-refractivity contribution in [1.82, 2.24) is 10.2 Å². The Bertz CT molecular complexity index is 376. The van der Waals surface area contributed by atoms with Crippen molar-refractivity contribution >= 4 is 24.0 Å². The van der Waals surface area contributed by atoms with Gasteiger partial charge in [-0.05, 0) is 24.6 Å². The quantitative estimate of drug-likeness (QED) is 0.847. The van der Waals surface area contributed by atoms with Gasteiger partial charge in [0.25, 0.3) is 0 Å². The lowest BCUT2D eigenvalue weighted by atomic mass is 10.0.